The fraction of sp³-hybridized carbons (Fsp3) is 0.450. The van der Waals surface area contributed by atoms with Gasteiger partial charge in [0.25, 0.3) is 5.91 Å². The van der Waals surface area contributed by atoms with Gasteiger partial charge in [0.2, 0.25) is 10.0 Å². The lowest BCUT2D eigenvalue weighted by molar-refractivity contribution is 0.101. The number of para-hydroxylation sites is 1. The number of hydrogen-bond acceptors (Lipinski definition) is 5. The van der Waals surface area contributed by atoms with Crippen molar-refractivity contribution in [2.24, 2.45) is 7.05 Å². The van der Waals surface area contributed by atoms with Crippen LogP contribution in [0.15, 0.2) is 35.4 Å². The van der Waals surface area contributed by atoms with E-state index in [4.69, 9.17) is 21.1 Å². The van der Waals surface area contributed by atoms with E-state index in [9.17, 15) is 13.2 Å². The lowest BCUT2D eigenvalue weighted by Crippen LogP contribution is -2.35. The van der Waals surface area contributed by atoms with Crippen molar-refractivity contribution in [1.82, 2.24) is 8.87 Å². The summed E-state index contributed by atoms with van der Waals surface area (Å²) in [6.45, 7) is 1.65. The van der Waals surface area contributed by atoms with Crippen LogP contribution in [0.4, 0.5) is 5.69 Å². The molecule has 0 radical (unpaired) electrons. The van der Waals surface area contributed by atoms with Crippen LogP contribution in [0, 0.1) is 0 Å². The van der Waals surface area contributed by atoms with Crippen LogP contribution in [0.3, 0.4) is 0 Å². The van der Waals surface area contributed by atoms with Gasteiger partial charge in [0.1, 0.15) is 17.2 Å². The van der Waals surface area contributed by atoms with Crippen molar-refractivity contribution in [2.45, 2.75) is 24.2 Å². The third-order valence-electron chi connectivity index (χ3n) is 4.91. The summed E-state index contributed by atoms with van der Waals surface area (Å²) in [4.78, 5) is 13.0. The summed E-state index contributed by atoms with van der Waals surface area (Å²) in [6, 6.07) is 6.42. The van der Waals surface area contributed by atoms with E-state index in [1.165, 1.54) is 21.1 Å². The molecule has 1 aromatic carbocycles. The Bertz CT molecular complexity index is 1000. The number of anilines is 1. The maximum Gasteiger partial charge on any atom is 0.272 e. The Morgan fingerprint density at radius 2 is 1.93 bits per heavy atom. The van der Waals surface area contributed by atoms with Gasteiger partial charge >= 0.3 is 0 Å². The van der Waals surface area contributed by atoms with Gasteiger partial charge < -0.3 is 19.4 Å². The highest BCUT2D eigenvalue weighted by atomic mass is 35.5. The first kappa shape index (κ1) is 22.6. The molecule has 1 aliphatic heterocycles. The van der Waals surface area contributed by atoms with Gasteiger partial charge in [-0.15, -0.1) is 0 Å². The summed E-state index contributed by atoms with van der Waals surface area (Å²) in [5, 5.41) is 3.11. The number of rotatable bonds is 8. The quantitative estimate of drug-likeness (QED) is 0.617. The number of aromatic nitrogens is 1. The van der Waals surface area contributed by atoms with Crippen molar-refractivity contribution in [2.75, 3.05) is 38.7 Å². The lowest BCUT2D eigenvalue weighted by atomic mass is 10.2. The maximum absolute atomic E-state index is 12.9. The van der Waals surface area contributed by atoms with Gasteiger partial charge in [-0.25, -0.2) is 8.42 Å². The highest BCUT2D eigenvalue weighted by Gasteiger charge is 2.28. The summed E-state index contributed by atoms with van der Waals surface area (Å²) in [7, 11) is -0.431. The van der Waals surface area contributed by atoms with Crippen molar-refractivity contribution in [3.8, 4) is 5.75 Å². The molecule has 30 heavy (non-hydrogen) atoms. The second kappa shape index (κ2) is 9.82. The SMILES string of the molecule is COCCOc1c(Cl)cccc1NC(=O)c1cc(S(=O)(=O)N2CCCCC2)cn1C. The van der Waals surface area contributed by atoms with Crippen molar-refractivity contribution in [3.63, 3.8) is 0 Å². The molecule has 164 valence electrons. The number of aryl methyl sites for hydroxylation is 1. The van der Waals surface area contributed by atoms with Crippen LogP contribution >= 0.6 is 11.6 Å². The number of benzene rings is 1. The molecule has 1 amide bonds. The van der Waals surface area contributed by atoms with E-state index in [1.54, 1.807) is 32.4 Å². The molecule has 0 bridgehead atoms. The molecule has 0 saturated carbocycles. The molecule has 1 aliphatic rings. The zero-order valence-electron chi connectivity index (χ0n) is 17.1. The number of halogens is 1. The lowest BCUT2D eigenvalue weighted by Gasteiger charge is -2.25. The van der Waals surface area contributed by atoms with Crippen LogP contribution in [0.25, 0.3) is 0 Å². The average molecular weight is 456 g/mol. The van der Waals surface area contributed by atoms with Gasteiger partial charge in [0.05, 0.1) is 17.3 Å². The number of methoxy groups -OCH3 is 1. The molecule has 10 heteroatoms. The first-order valence-corrected chi connectivity index (χ1v) is 11.5. The van der Waals surface area contributed by atoms with Gasteiger partial charge in [-0.05, 0) is 31.0 Å². The van der Waals surface area contributed by atoms with Crippen molar-refractivity contribution in [3.05, 3.63) is 41.2 Å². The van der Waals surface area contributed by atoms with Crippen LogP contribution < -0.4 is 10.1 Å². The Morgan fingerprint density at radius 3 is 2.63 bits per heavy atom. The average Bonchev–Trinajstić information content (AvgIpc) is 3.13. The minimum absolute atomic E-state index is 0.111. The number of piperidine rings is 1. The van der Waals surface area contributed by atoms with Gasteiger partial charge in [-0.3, -0.25) is 4.79 Å². The number of ether oxygens (including phenoxy) is 2. The molecule has 1 N–H and O–H groups in total. The second-order valence-corrected chi connectivity index (χ2v) is 9.39. The zero-order valence-corrected chi connectivity index (χ0v) is 18.6. The van der Waals surface area contributed by atoms with Crippen molar-refractivity contribution < 1.29 is 22.7 Å². The smallest absolute Gasteiger partial charge is 0.272 e. The Kier molecular flexibility index (Phi) is 7.41. The molecule has 1 fully saturated rings. The Morgan fingerprint density at radius 1 is 1.20 bits per heavy atom. The molecular formula is C20H26ClN3O5S. The summed E-state index contributed by atoms with van der Waals surface area (Å²) < 4.78 is 39.4. The minimum atomic E-state index is -3.63. The number of nitrogens with one attached hydrogen (secondary N) is 1. The fourth-order valence-corrected chi connectivity index (χ4v) is 5.14. The van der Waals surface area contributed by atoms with Gasteiger partial charge in [-0.2, -0.15) is 4.31 Å². The number of amides is 1. The molecule has 0 unspecified atom stereocenters. The Labute approximate surface area is 181 Å². The van der Waals surface area contributed by atoms with Crippen LogP contribution in [0.2, 0.25) is 5.02 Å². The topological polar surface area (TPSA) is 89.9 Å². The summed E-state index contributed by atoms with van der Waals surface area (Å²) >= 11 is 6.21. The molecule has 2 aromatic rings. The van der Waals surface area contributed by atoms with E-state index in [0.717, 1.165) is 19.3 Å². The van der Waals surface area contributed by atoms with Crippen molar-refractivity contribution >= 4 is 33.2 Å². The number of carbonyl (C=O) groups is 1. The molecule has 0 aliphatic carbocycles. The van der Waals surface area contributed by atoms with Gasteiger partial charge in [0, 0.05) is 33.4 Å². The van der Waals surface area contributed by atoms with Crippen molar-refractivity contribution in [1.29, 1.82) is 0 Å². The van der Waals surface area contributed by atoms with Crippen LogP contribution in [0.5, 0.6) is 5.75 Å². The Hall–Kier alpha value is -2.07. The molecule has 1 aromatic heterocycles. The third kappa shape index (κ3) is 4.97. The maximum atomic E-state index is 12.9. The molecule has 0 atom stereocenters. The normalized spacial score (nSPS) is 15.2. The van der Waals surface area contributed by atoms with Crippen LogP contribution in [0.1, 0.15) is 29.8 Å². The summed E-state index contributed by atoms with van der Waals surface area (Å²) in [6.07, 6.45) is 4.19. The van der Waals surface area contributed by atoms with Crippen LogP contribution in [-0.2, 0) is 21.8 Å². The van der Waals surface area contributed by atoms with E-state index in [1.807, 2.05) is 0 Å². The predicted octanol–water partition coefficient (Wildman–Crippen LogP) is 3.13. The van der Waals surface area contributed by atoms with Gasteiger partial charge in [0.15, 0.2) is 5.75 Å². The predicted molar refractivity (Wildman–Crippen MR) is 115 cm³/mol. The highest BCUT2D eigenvalue weighted by molar-refractivity contribution is 7.89. The molecule has 1 saturated heterocycles. The first-order chi connectivity index (χ1) is 14.3. The largest absolute Gasteiger partial charge is 0.487 e. The van der Waals surface area contributed by atoms with Gasteiger partial charge in [-0.1, -0.05) is 24.1 Å². The second-order valence-electron chi connectivity index (χ2n) is 7.05. The first-order valence-electron chi connectivity index (χ1n) is 9.72. The Balaban J connectivity index is 1.81. The molecule has 0 spiro atoms. The molecular weight excluding hydrogens is 430 g/mol. The number of carbonyl (C=O) groups excluding carboxylic acids is 1. The molecule has 8 nitrogen and oxygen atoms in total. The van der Waals surface area contributed by atoms with E-state index in [-0.39, 0.29) is 17.2 Å². The van der Waals surface area contributed by atoms with E-state index >= 15 is 0 Å². The number of nitrogens with zero attached hydrogens (tertiary/aromatic N) is 2. The highest BCUT2D eigenvalue weighted by Crippen LogP contribution is 2.33. The molecule has 3 rings (SSSR count). The third-order valence-corrected chi connectivity index (χ3v) is 7.08. The van der Waals surface area contributed by atoms with E-state index in [0.29, 0.717) is 36.2 Å². The molecule has 2 heterocycles. The van der Waals surface area contributed by atoms with E-state index < -0.39 is 15.9 Å². The minimum Gasteiger partial charge on any atom is -0.487 e. The fourth-order valence-electron chi connectivity index (χ4n) is 3.32. The number of hydrogen-bond donors (Lipinski definition) is 1. The summed E-state index contributed by atoms with van der Waals surface area (Å²) in [5.41, 5.74) is 0.610. The summed E-state index contributed by atoms with van der Waals surface area (Å²) in [5.74, 6) is -0.128. The van der Waals surface area contributed by atoms with E-state index in [2.05, 4.69) is 5.32 Å². The van der Waals surface area contributed by atoms with Crippen LogP contribution in [-0.4, -0.2) is 56.6 Å². The number of sulfonamides is 1. The zero-order chi connectivity index (χ0) is 21.7. The standard InChI is InChI=1S/C20H26ClN3O5S/c1-23-14-15(30(26,27)24-9-4-3-5-10-24)13-18(23)20(25)22-17-8-6-7-16(21)19(17)29-12-11-28-2/h6-8,13-14H,3-5,9-12H2,1-2H3,(H,22,25). The monoisotopic (exact) mass is 455 g/mol.